The van der Waals surface area contributed by atoms with Gasteiger partial charge in [-0.2, -0.15) is 0 Å². The van der Waals surface area contributed by atoms with Crippen LogP contribution in [-0.4, -0.2) is 42.1 Å². The van der Waals surface area contributed by atoms with Crippen LogP contribution >= 0.6 is 0 Å². The molecule has 2 rings (SSSR count). The van der Waals surface area contributed by atoms with E-state index in [0.717, 1.165) is 11.3 Å². The minimum Gasteiger partial charge on any atom is -0.378 e. The highest BCUT2D eigenvalue weighted by molar-refractivity contribution is 5.94. The average Bonchev–Trinajstić information content (AvgIpc) is 2.38. The van der Waals surface area contributed by atoms with Crippen LogP contribution in [0.25, 0.3) is 0 Å². The Kier molecular flexibility index (Phi) is 3.66. The van der Waals surface area contributed by atoms with E-state index in [1.165, 1.54) is 0 Å². The first kappa shape index (κ1) is 13.0. The van der Waals surface area contributed by atoms with Crippen molar-refractivity contribution in [2.24, 2.45) is 0 Å². The summed E-state index contributed by atoms with van der Waals surface area (Å²) in [5.74, 6) is 0.0752. The van der Waals surface area contributed by atoms with Gasteiger partial charge < -0.3 is 9.64 Å². The van der Waals surface area contributed by atoms with Gasteiger partial charge in [0.15, 0.2) is 0 Å². The average molecular weight is 248 g/mol. The molecule has 1 saturated heterocycles. The van der Waals surface area contributed by atoms with E-state index in [-0.39, 0.29) is 11.3 Å². The second kappa shape index (κ2) is 5.06. The van der Waals surface area contributed by atoms with Crippen LogP contribution in [0, 0.1) is 0 Å². The van der Waals surface area contributed by atoms with E-state index < -0.39 is 0 Å². The number of ether oxygens (including phenoxy) is 1. The van der Waals surface area contributed by atoms with Crippen molar-refractivity contribution < 1.29 is 9.53 Å². The summed E-state index contributed by atoms with van der Waals surface area (Å²) in [4.78, 5) is 18.5. The molecule has 18 heavy (non-hydrogen) atoms. The summed E-state index contributed by atoms with van der Waals surface area (Å²) in [6.45, 7) is 8.89. The largest absolute Gasteiger partial charge is 0.378 e. The van der Waals surface area contributed by atoms with Crippen molar-refractivity contribution in [3.63, 3.8) is 0 Å². The lowest BCUT2D eigenvalue weighted by molar-refractivity contribution is 0.0302. The first-order valence-electron chi connectivity index (χ1n) is 6.32. The fraction of sp³-hybridized carbons (Fsp3) is 0.571. The molecular weight excluding hydrogens is 228 g/mol. The normalized spacial score (nSPS) is 16.7. The van der Waals surface area contributed by atoms with Crippen molar-refractivity contribution in [2.75, 3.05) is 26.3 Å². The van der Waals surface area contributed by atoms with Gasteiger partial charge in [0.2, 0.25) is 0 Å². The quantitative estimate of drug-likeness (QED) is 0.761. The Morgan fingerprint density at radius 2 is 2.00 bits per heavy atom. The summed E-state index contributed by atoms with van der Waals surface area (Å²) in [5, 5.41) is 0. The third kappa shape index (κ3) is 2.88. The first-order valence-corrected chi connectivity index (χ1v) is 6.32. The van der Waals surface area contributed by atoms with Gasteiger partial charge in [-0.1, -0.05) is 20.8 Å². The summed E-state index contributed by atoms with van der Waals surface area (Å²) < 4.78 is 5.26. The van der Waals surface area contributed by atoms with Gasteiger partial charge in [-0.3, -0.25) is 9.78 Å². The molecule has 1 aliphatic heterocycles. The number of carbonyl (C=O) groups excluding carboxylic acids is 1. The van der Waals surface area contributed by atoms with Gasteiger partial charge in [0.1, 0.15) is 0 Å². The Bertz CT molecular complexity index is 432. The maximum atomic E-state index is 12.3. The third-order valence-corrected chi connectivity index (χ3v) is 3.07. The number of morpholine rings is 1. The zero-order valence-corrected chi connectivity index (χ0v) is 11.3. The SMILES string of the molecule is CC(C)(C)c1cc(C(=O)N2CCOCC2)ccn1. The number of hydrogen-bond donors (Lipinski definition) is 0. The number of amides is 1. The van der Waals surface area contributed by atoms with Crippen LogP contribution in [0.3, 0.4) is 0 Å². The van der Waals surface area contributed by atoms with E-state index in [0.29, 0.717) is 26.3 Å². The predicted molar refractivity (Wildman–Crippen MR) is 69.7 cm³/mol. The third-order valence-electron chi connectivity index (χ3n) is 3.07. The van der Waals surface area contributed by atoms with Crippen molar-refractivity contribution in [3.05, 3.63) is 29.6 Å². The Hall–Kier alpha value is -1.42. The molecule has 0 bridgehead atoms. The summed E-state index contributed by atoms with van der Waals surface area (Å²) in [7, 11) is 0. The van der Waals surface area contributed by atoms with Crippen LogP contribution in [0.4, 0.5) is 0 Å². The number of carbonyl (C=O) groups is 1. The van der Waals surface area contributed by atoms with Crippen molar-refractivity contribution in [1.29, 1.82) is 0 Å². The van der Waals surface area contributed by atoms with Gasteiger partial charge in [0, 0.05) is 36.0 Å². The summed E-state index contributed by atoms with van der Waals surface area (Å²) in [6, 6.07) is 3.69. The molecule has 1 aliphatic rings. The Labute approximate surface area is 108 Å². The highest BCUT2D eigenvalue weighted by Crippen LogP contribution is 2.21. The Morgan fingerprint density at radius 1 is 1.33 bits per heavy atom. The molecule has 0 radical (unpaired) electrons. The van der Waals surface area contributed by atoms with Crippen LogP contribution in [-0.2, 0) is 10.2 Å². The maximum Gasteiger partial charge on any atom is 0.254 e. The second-order valence-electron chi connectivity index (χ2n) is 5.58. The molecule has 1 aromatic rings. The molecule has 0 unspecified atom stereocenters. The van der Waals surface area contributed by atoms with Gasteiger partial charge in [-0.25, -0.2) is 0 Å². The molecule has 1 fully saturated rings. The maximum absolute atomic E-state index is 12.3. The zero-order valence-electron chi connectivity index (χ0n) is 11.3. The lowest BCUT2D eigenvalue weighted by Crippen LogP contribution is -2.40. The van der Waals surface area contributed by atoms with Gasteiger partial charge in [0.25, 0.3) is 5.91 Å². The van der Waals surface area contributed by atoms with Crippen LogP contribution in [0.1, 0.15) is 36.8 Å². The van der Waals surface area contributed by atoms with Gasteiger partial charge in [-0.15, -0.1) is 0 Å². The lowest BCUT2D eigenvalue weighted by Gasteiger charge is -2.27. The van der Waals surface area contributed by atoms with Crippen LogP contribution < -0.4 is 0 Å². The number of hydrogen-bond acceptors (Lipinski definition) is 3. The van der Waals surface area contributed by atoms with E-state index in [1.807, 2.05) is 11.0 Å². The summed E-state index contributed by atoms with van der Waals surface area (Å²) in [5.41, 5.74) is 1.62. The number of nitrogens with zero attached hydrogens (tertiary/aromatic N) is 2. The lowest BCUT2D eigenvalue weighted by atomic mass is 9.91. The molecule has 1 amide bonds. The number of pyridine rings is 1. The molecule has 0 aromatic carbocycles. The highest BCUT2D eigenvalue weighted by atomic mass is 16.5. The fourth-order valence-corrected chi connectivity index (χ4v) is 1.92. The molecule has 2 heterocycles. The van der Waals surface area contributed by atoms with Crippen molar-refractivity contribution in [2.45, 2.75) is 26.2 Å². The van der Waals surface area contributed by atoms with Crippen LogP contribution in [0.5, 0.6) is 0 Å². The molecule has 0 aliphatic carbocycles. The highest BCUT2D eigenvalue weighted by Gasteiger charge is 2.21. The van der Waals surface area contributed by atoms with E-state index in [1.54, 1.807) is 12.3 Å². The Morgan fingerprint density at radius 3 is 2.61 bits per heavy atom. The molecular formula is C14H20N2O2. The molecule has 4 heteroatoms. The van der Waals surface area contributed by atoms with Gasteiger partial charge in [-0.05, 0) is 12.1 Å². The summed E-state index contributed by atoms with van der Waals surface area (Å²) in [6.07, 6.45) is 1.72. The molecule has 1 aromatic heterocycles. The number of rotatable bonds is 1. The van der Waals surface area contributed by atoms with E-state index in [2.05, 4.69) is 25.8 Å². The predicted octanol–water partition coefficient (Wildman–Crippen LogP) is 1.85. The second-order valence-corrected chi connectivity index (χ2v) is 5.58. The van der Waals surface area contributed by atoms with Crippen LogP contribution in [0.15, 0.2) is 18.3 Å². The molecule has 0 spiro atoms. The van der Waals surface area contributed by atoms with Gasteiger partial charge in [0.05, 0.1) is 13.2 Å². The molecule has 98 valence electrons. The minimum absolute atomic E-state index is 0.0404. The number of aromatic nitrogens is 1. The minimum atomic E-state index is -0.0404. The standard InChI is InChI=1S/C14H20N2O2/c1-14(2,3)12-10-11(4-5-15-12)13(17)16-6-8-18-9-7-16/h4-5,10H,6-9H2,1-3H3. The van der Waals surface area contributed by atoms with E-state index in [4.69, 9.17) is 4.74 Å². The monoisotopic (exact) mass is 248 g/mol. The van der Waals surface area contributed by atoms with E-state index >= 15 is 0 Å². The fourth-order valence-electron chi connectivity index (χ4n) is 1.92. The van der Waals surface area contributed by atoms with Crippen molar-refractivity contribution in [1.82, 2.24) is 9.88 Å². The topological polar surface area (TPSA) is 42.4 Å². The van der Waals surface area contributed by atoms with Crippen LogP contribution in [0.2, 0.25) is 0 Å². The molecule has 0 N–H and O–H groups in total. The van der Waals surface area contributed by atoms with Crippen molar-refractivity contribution in [3.8, 4) is 0 Å². The smallest absolute Gasteiger partial charge is 0.254 e. The zero-order chi connectivity index (χ0) is 13.2. The van der Waals surface area contributed by atoms with Crippen molar-refractivity contribution >= 4 is 5.91 Å². The van der Waals surface area contributed by atoms with Gasteiger partial charge >= 0.3 is 0 Å². The Balaban J connectivity index is 2.20. The first-order chi connectivity index (χ1) is 8.48. The summed E-state index contributed by atoms with van der Waals surface area (Å²) >= 11 is 0. The van der Waals surface area contributed by atoms with E-state index in [9.17, 15) is 4.79 Å². The molecule has 4 nitrogen and oxygen atoms in total. The molecule has 0 saturated carbocycles. The molecule has 0 atom stereocenters.